The molecule has 2 rings (SSSR count). The smallest absolute Gasteiger partial charge is 0.162 e. The molecule has 0 atom stereocenters. The van der Waals surface area contributed by atoms with Crippen LogP contribution in [0.25, 0.3) is 0 Å². The second-order valence-electron chi connectivity index (χ2n) is 4.58. The first-order valence-corrected chi connectivity index (χ1v) is 7.28. The number of benzene rings is 2. The molecule has 0 saturated carbocycles. The van der Waals surface area contributed by atoms with Gasteiger partial charge in [-0.25, -0.2) is 0 Å². The number of rotatable bonds is 4. The van der Waals surface area contributed by atoms with Gasteiger partial charge in [-0.2, -0.15) is 0 Å². The van der Waals surface area contributed by atoms with Gasteiger partial charge in [0.2, 0.25) is 0 Å². The number of aromatic hydroxyl groups is 1. The monoisotopic (exact) mass is 342 g/mol. The quantitative estimate of drug-likeness (QED) is 0.567. The molecule has 0 bridgehead atoms. The average Bonchev–Trinajstić information content (AvgIpc) is 2.50. The summed E-state index contributed by atoms with van der Waals surface area (Å²) in [5.41, 5.74) is 12.3. The number of halogens is 2. The lowest BCUT2D eigenvalue weighted by Crippen LogP contribution is -1.99. The summed E-state index contributed by atoms with van der Waals surface area (Å²) in [4.78, 5) is 0. The van der Waals surface area contributed by atoms with Crippen molar-refractivity contribution in [3.63, 3.8) is 0 Å². The Labute approximate surface area is 138 Å². The fourth-order valence-electron chi connectivity index (χ4n) is 1.87. The standard InChI is InChI=1S/C15H16Cl2N2O3/c1-3-21-9-4-5-10(13(17)12(9)16)22-11-6-8(18)15(20)14(19)7(11)2/h4-6,20H,3,18-19H2,1-2H3. The third kappa shape index (κ3) is 2.96. The highest BCUT2D eigenvalue weighted by molar-refractivity contribution is 6.43. The van der Waals surface area contributed by atoms with Crippen molar-refractivity contribution in [3.05, 3.63) is 33.8 Å². The van der Waals surface area contributed by atoms with E-state index in [-0.39, 0.29) is 27.2 Å². The predicted molar refractivity (Wildman–Crippen MR) is 89.4 cm³/mol. The van der Waals surface area contributed by atoms with E-state index in [4.69, 9.17) is 44.1 Å². The van der Waals surface area contributed by atoms with E-state index in [1.807, 2.05) is 6.92 Å². The summed E-state index contributed by atoms with van der Waals surface area (Å²) in [6.45, 7) is 4.02. The first-order valence-electron chi connectivity index (χ1n) is 6.53. The SMILES string of the molecule is CCOc1ccc(Oc2cc(N)c(O)c(N)c2C)c(Cl)c1Cl. The maximum atomic E-state index is 9.70. The number of hydrogen-bond donors (Lipinski definition) is 3. The van der Waals surface area contributed by atoms with Crippen LogP contribution >= 0.6 is 23.2 Å². The highest BCUT2D eigenvalue weighted by atomic mass is 35.5. The first-order chi connectivity index (χ1) is 10.4. The molecule has 0 fully saturated rings. The normalized spacial score (nSPS) is 10.5. The molecule has 0 aliphatic heterocycles. The van der Waals surface area contributed by atoms with E-state index < -0.39 is 0 Å². The van der Waals surface area contributed by atoms with Crippen LogP contribution in [-0.4, -0.2) is 11.7 Å². The van der Waals surface area contributed by atoms with Crippen molar-refractivity contribution in [3.8, 4) is 23.0 Å². The number of ether oxygens (including phenoxy) is 2. The molecule has 0 unspecified atom stereocenters. The van der Waals surface area contributed by atoms with Crippen LogP contribution < -0.4 is 20.9 Å². The second kappa shape index (κ2) is 6.42. The van der Waals surface area contributed by atoms with E-state index in [0.29, 0.717) is 29.4 Å². The molecule has 5 nitrogen and oxygen atoms in total. The zero-order valence-electron chi connectivity index (χ0n) is 12.1. The summed E-state index contributed by atoms with van der Waals surface area (Å²) in [5, 5.41) is 10.2. The minimum Gasteiger partial charge on any atom is -0.504 e. The molecule has 2 aromatic rings. The molecule has 2 aromatic carbocycles. The minimum atomic E-state index is -0.166. The van der Waals surface area contributed by atoms with Gasteiger partial charge in [-0.1, -0.05) is 23.2 Å². The van der Waals surface area contributed by atoms with Gasteiger partial charge in [0.15, 0.2) is 5.75 Å². The molecule has 5 N–H and O–H groups in total. The van der Waals surface area contributed by atoms with E-state index >= 15 is 0 Å². The molecule has 0 aliphatic carbocycles. The average molecular weight is 343 g/mol. The molecule has 0 amide bonds. The summed E-state index contributed by atoms with van der Waals surface area (Å²) in [7, 11) is 0. The summed E-state index contributed by atoms with van der Waals surface area (Å²) < 4.78 is 11.1. The van der Waals surface area contributed by atoms with Crippen LogP contribution in [0.15, 0.2) is 18.2 Å². The van der Waals surface area contributed by atoms with E-state index in [1.165, 1.54) is 6.07 Å². The van der Waals surface area contributed by atoms with Crippen LogP contribution in [0.5, 0.6) is 23.0 Å². The highest BCUT2D eigenvalue weighted by Crippen LogP contribution is 2.43. The van der Waals surface area contributed by atoms with Crippen LogP contribution in [-0.2, 0) is 0 Å². The Morgan fingerprint density at radius 2 is 1.68 bits per heavy atom. The molecular weight excluding hydrogens is 327 g/mol. The lowest BCUT2D eigenvalue weighted by Gasteiger charge is -2.15. The zero-order chi connectivity index (χ0) is 16.4. The molecule has 118 valence electrons. The second-order valence-corrected chi connectivity index (χ2v) is 5.33. The third-order valence-electron chi connectivity index (χ3n) is 3.12. The van der Waals surface area contributed by atoms with Crippen LogP contribution in [0, 0.1) is 6.92 Å². The van der Waals surface area contributed by atoms with Crippen molar-refractivity contribution in [2.24, 2.45) is 0 Å². The Morgan fingerprint density at radius 3 is 2.32 bits per heavy atom. The summed E-state index contributed by atoms with van der Waals surface area (Å²) >= 11 is 12.3. The number of nitrogen functional groups attached to an aromatic ring is 2. The zero-order valence-corrected chi connectivity index (χ0v) is 13.6. The lowest BCUT2D eigenvalue weighted by atomic mass is 10.1. The van der Waals surface area contributed by atoms with Crippen molar-refractivity contribution in [2.45, 2.75) is 13.8 Å². The molecule has 0 saturated heterocycles. The van der Waals surface area contributed by atoms with Gasteiger partial charge in [-0.3, -0.25) is 0 Å². The van der Waals surface area contributed by atoms with Gasteiger partial charge in [0.05, 0.1) is 18.0 Å². The molecule has 0 radical (unpaired) electrons. The van der Waals surface area contributed by atoms with Crippen LogP contribution in [0.2, 0.25) is 10.0 Å². The van der Waals surface area contributed by atoms with Crippen LogP contribution in [0.4, 0.5) is 11.4 Å². The largest absolute Gasteiger partial charge is 0.504 e. The molecule has 7 heteroatoms. The summed E-state index contributed by atoms with van der Waals surface area (Å²) in [6, 6.07) is 4.77. The molecule has 0 spiro atoms. The first kappa shape index (κ1) is 16.4. The van der Waals surface area contributed by atoms with Gasteiger partial charge >= 0.3 is 0 Å². The number of anilines is 2. The Balaban J connectivity index is 2.42. The van der Waals surface area contributed by atoms with Gasteiger partial charge in [-0.05, 0) is 26.0 Å². The van der Waals surface area contributed by atoms with Crippen molar-refractivity contribution in [2.75, 3.05) is 18.1 Å². The molecular formula is C15H16Cl2N2O3. The van der Waals surface area contributed by atoms with Crippen molar-refractivity contribution in [1.82, 2.24) is 0 Å². The molecule has 0 aromatic heterocycles. The highest BCUT2D eigenvalue weighted by Gasteiger charge is 2.16. The van der Waals surface area contributed by atoms with Crippen molar-refractivity contribution < 1.29 is 14.6 Å². The number of hydrogen-bond acceptors (Lipinski definition) is 5. The van der Waals surface area contributed by atoms with Crippen molar-refractivity contribution in [1.29, 1.82) is 0 Å². The number of phenolic OH excluding ortho intramolecular Hbond substituents is 1. The van der Waals surface area contributed by atoms with Crippen LogP contribution in [0.3, 0.4) is 0 Å². The Kier molecular flexibility index (Phi) is 4.78. The van der Waals surface area contributed by atoms with Crippen molar-refractivity contribution >= 4 is 34.6 Å². The summed E-state index contributed by atoms with van der Waals surface area (Å²) in [6.07, 6.45) is 0. The van der Waals surface area contributed by atoms with Crippen LogP contribution in [0.1, 0.15) is 12.5 Å². The van der Waals surface area contributed by atoms with Gasteiger partial charge in [0, 0.05) is 11.6 Å². The molecule has 0 aliphatic rings. The van der Waals surface area contributed by atoms with E-state index in [2.05, 4.69) is 0 Å². The summed E-state index contributed by atoms with van der Waals surface area (Å²) in [5.74, 6) is 1.03. The topological polar surface area (TPSA) is 90.7 Å². The Hall–Kier alpha value is -1.98. The lowest BCUT2D eigenvalue weighted by molar-refractivity contribution is 0.340. The minimum absolute atomic E-state index is 0.117. The fraction of sp³-hybridized carbons (Fsp3) is 0.200. The molecule has 22 heavy (non-hydrogen) atoms. The van der Waals surface area contributed by atoms with Gasteiger partial charge < -0.3 is 26.0 Å². The van der Waals surface area contributed by atoms with E-state index in [1.54, 1.807) is 19.1 Å². The number of nitrogens with two attached hydrogens (primary N) is 2. The maximum Gasteiger partial charge on any atom is 0.162 e. The Morgan fingerprint density at radius 1 is 1.09 bits per heavy atom. The van der Waals surface area contributed by atoms with E-state index in [0.717, 1.165) is 0 Å². The van der Waals surface area contributed by atoms with Gasteiger partial charge in [0.1, 0.15) is 27.3 Å². The fourth-order valence-corrected chi connectivity index (χ4v) is 2.27. The maximum absolute atomic E-state index is 9.70. The Bertz CT molecular complexity index is 721. The third-order valence-corrected chi connectivity index (χ3v) is 3.97. The predicted octanol–water partition coefficient (Wildman–Crippen LogP) is 4.36. The molecule has 0 heterocycles. The number of phenols is 1. The van der Waals surface area contributed by atoms with Gasteiger partial charge in [0.25, 0.3) is 0 Å². The van der Waals surface area contributed by atoms with Gasteiger partial charge in [-0.15, -0.1) is 0 Å². The van der Waals surface area contributed by atoms with E-state index in [9.17, 15) is 5.11 Å².